The molecule has 0 unspecified atom stereocenters. The van der Waals surface area contributed by atoms with E-state index in [1.807, 2.05) is 0 Å². The number of nitriles is 1. The Morgan fingerprint density at radius 2 is 1.50 bits per heavy atom. The van der Waals surface area contributed by atoms with Gasteiger partial charge in [-0.05, 0) is 25.7 Å². The molecule has 2 aliphatic carbocycles. The van der Waals surface area contributed by atoms with Gasteiger partial charge in [0.2, 0.25) is 5.91 Å². The van der Waals surface area contributed by atoms with E-state index in [-0.39, 0.29) is 11.3 Å². The Hall–Kier alpha value is -1.04. The fraction of sp³-hybridized carbons (Fsp3) is 0.867. The van der Waals surface area contributed by atoms with Gasteiger partial charge in [0.25, 0.3) is 0 Å². The van der Waals surface area contributed by atoms with Crippen molar-refractivity contribution < 1.29 is 4.79 Å². The van der Waals surface area contributed by atoms with Crippen LogP contribution in [0.3, 0.4) is 0 Å². The Labute approximate surface area is 110 Å². The third-order valence-corrected chi connectivity index (χ3v) is 4.78. The lowest BCUT2D eigenvalue weighted by molar-refractivity contribution is -0.131. The summed E-state index contributed by atoms with van der Waals surface area (Å²) in [7, 11) is 0. The van der Waals surface area contributed by atoms with Crippen LogP contribution in [-0.4, -0.2) is 11.4 Å². The minimum absolute atomic E-state index is 0.114. The first-order valence-electron chi connectivity index (χ1n) is 7.34. The van der Waals surface area contributed by atoms with Crippen LogP contribution in [0.5, 0.6) is 0 Å². The molecule has 0 aliphatic heterocycles. The van der Waals surface area contributed by atoms with Gasteiger partial charge in [-0.15, -0.1) is 0 Å². The number of nitrogens with zero attached hydrogens (tertiary/aromatic N) is 1. The molecular formula is C15H24N2O. The lowest BCUT2D eigenvalue weighted by atomic mass is 9.84. The van der Waals surface area contributed by atoms with E-state index in [1.54, 1.807) is 0 Å². The molecule has 0 spiro atoms. The van der Waals surface area contributed by atoms with E-state index in [9.17, 15) is 10.1 Å². The monoisotopic (exact) mass is 248 g/mol. The summed E-state index contributed by atoms with van der Waals surface area (Å²) in [6, 6.07) is 2.40. The van der Waals surface area contributed by atoms with Crippen molar-refractivity contribution in [3.63, 3.8) is 0 Å². The number of hydrogen-bond acceptors (Lipinski definition) is 2. The predicted molar refractivity (Wildman–Crippen MR) is 70.8 cm³/mol. The van der Waals surface area contributed by atoms with E-state index in [0.717, 1.165) is 51.4 Å². The molecule has 0 radical (unpaired) electrons. The molecule has 3 heteroatoms. The minimum Gasteiger partial charge on any atom is -0.337 e. The fourth-order valence-corrected chi connectivity index (χ4v) is 3.35. The van der Waals surface area contributed by atoms with E-state index in [2.05, 4.69) is 18.3 Å². The van der Waals surface area contributed by atoms with Crippen LogP contribution in [0.15, 0.2) is 0 Å². The van der Waals surface area contributed by atoms with E-state index < -0.39 is 5.54 Å². The van der Waals surface area contributed by atoms with Crippen LogP contribution in [0.1, 0.15) is 71.1 Å². The Kier molecular flexibility index (Phi) is 3.94. The molecule has 2 rings (SSSR count). The summed E-state index contributed by atoms with van der Waals surface area (Å²) >= 11 is 0. The normalized spacial score (nSPS) is 26.0. The van der Waals surface area contributed by atoms with Crippen LogP contribution in [0.4, 0.5) is 0 Å². The summed E-state index contributed by atoms with van der Waals surface area (Å²) in [6.45, 7) is 2.05. The Bertz CT molecular complexity index is 342. The Balaban J connectivity index is 2.05. The van der Waals surface area contributed by atoms with Gasteiger partial charge in [0.15, 0.2) is 0 Å². The number of amides is 1. The molecule has 100 valence electrons. The number of carbonyl (C=O) groups is 1. The van der Waals surface area contributed by atoms with Crippen molar-refractivity contribution in [2.75, 3.05) is 0 Å². The fourth-order valence-electron chi connectivity index (χ4n) is 3.35. The highest BCUT2D eigenvalue weighted by molar-refractivity contribution is 5.83. The zero-order valence-electron chi connectivity index (χ0n) is 11.4. The summed E-state index contributed by atoms with van der Waals surface area (Å²) in [6.07, 6.45) is 10.4. The third-order valence-electron chi connectivity index (χ3n) is 4.78. The number of rotatable bonds is 2. The highest BCUT2D eigenvalue weighted by Gasteiger charge is 2.41. The van der Waals surface area contributed by atoms with E-state index >= 15 is 0 Å². The molecule has 0 atom stereocenters. The van der Waals surface area contributed by atoms with Crippen molar-refractivity contribution in [2.24, 2.45) is 5.41 Å². The molecule has 2 aliphatic rings. The van der Waals surface area contributed by atoms with E-state index in [0.29, 0.717) is 0 Å². The van der Waals surface area contributed by atoms with E-state index in [4.69, 9.17) is 0 Å². The van der Waals surface area contributed by atoms with Gasteiger partial charge in [0.05, 0.1) is 6.07 Å². The third kappa shape index (κ3) is 2.68. The molecule has 2 fully saturated rings. The molecule has 18 heavy (non-hydrogen) atoms. The average molecular weight is 248 g/mol. The highest BCUT2D eigenvalue weighted by atomic mass is 16.2. The van der Waals surface area contributed by atoms with E-state index in [1.165, 1.54) is 12.8 Å². The molecule has 2 saturated carbocycles. The maximum Gasteiger partial charge on any atom is 0.227 e. The SMILES string of the molecule is CC1(C(=O)NC2(C#N)CCCCCC2)CCCC1. The van der Waals surface area contributed by atoms with Crippen LogP contribution in [0.2, 0.25) is 0 Å². The summed E-state index contributed by atoms with van der Waals surface area (Å²) in [5.41, 5.74) is -0.810. The zero-order valence-corrected chi connectivity index (χ0v) is 11.4. The smallest absolute Gasteiger partial charge is 0.227 e. The van der Waals surface area contributed by atoms with Crippen molar-refractivity contribution in [2.45, 2.75) is 76.7 Å². The predicted octanol–water partition coefficient (Wildman–Crippen LogP) is 3.30. The summed E-state index contributed by atoms with van der Waals surface area (Å²) < 4.78 is 0. The molecule has 0 aromatic rings. The molecule has 0 heterocycles. The molecule has 0 aromatic heterocycles. The summed E-state index contributed by atoms with van der Waals surface area (Å²) in [4.78, 5) is 12.4. The van der Waals surface area contributed by atoms with Crippen LogP contribution in [0.25, 0.3) is 0 Å². The van der Waals surface area contributed by atoms with Crippen LogP contribution in [0, 0.1) is 16.7 Å². The lowest BCUT2D eigenvalue weighted by Gasteiger charge is -2.31. The number of nitrogens with one attached hydrogen (secondary N) is 1. The molecule has 0 aromatic carbocycles. The Morgan fingerprint density at radius 1 is 1.00 bits per heavy atom. The van der Waals surface area contributed by atoms with Gasteiger partial charge < -0.3 is 5.32 Å². The maximum atomic E-state index is 12.4. The van der Waals surface area contributed by atoms with Gasteiger partial charge >= 0.3 is 0 Å². The second kappa shape index (κ2) is 5.30. The average Bonchev–Trinajstić information content (AvgIpc) is 2.68. The molecule has 1 N–H and O–H groups in total. The second-order valence-corrected chi connectivity index (χ2v) is 6.33. The largest absolute Gasteiger partial charge is 0.337 e. The molecular weight excluding hydrogens is 224 g/mol. The van der Waals surface area contributed by atoms with Gasteiger partial charge in [0, 0.05) is 5.41 Å². The van der Waals surface area contributed by atoms with Crippen molar-refractivity contribution >= 4 is 5.91 Å². The molecule has 3 nitrogen and oxygen atoms in total. The Morgan fingerprint density at radius 3 is 2.00 bits per heavy atom. The van der Waals surface area contributed by atoms with Crippen molar-refractivity contribution in [1.29, 1.82) is 5.26 Å². The first-order chi connectivity index (χ1) is 8.60. The van der Waals surface area contributed by atoms with Crippen molar-refractivity contribution in [3.05, 3.63) is 0 Å². The van der Waals surface area contributed by atoms with Crippen molar-refractivity contribution in [1.82, 2.24) is 5.32 Å². The second-order valence-electron chi connectivity index (χ2n) is 6.33. The minimum atomic E-state index is -0.584. The molecule has 1 amide bonds. The number of hydrogen-bond donors (Lipinski definition) is 1. The number of carbonyl (C=O) groups excluding carboxylic acids is 1. The first kappa shape index (κ1) is 13.4. The molecule has 0 bridgehead atoms. The standard InChI is InChI=1S/C15H24N2O/c1-14(8-6-7-9-14)13(18)17-15(12-16)10-4-2-3-5-11-15/h2-11H2,1H3,(H,17,18). The summed E-state index contributed by atoms with van der Waals surface area (Å²) in [5.74, 6) is 0.114. The zero-order chi connectivity index (χ0) is 13.1. The lowest BCUT2D eigenvalue weighted by Crippen LogP contribution is -2.51. The topological polar surface area (TPSA) is 52.9 Å². The van der Waals surface area contributed by atoms with Gasteiger partial charge in [-0.2, -0.15) is 5.26 Å². The van der Waals surface area contributed by atoms with Crippen LogP contribution in [-0.2, 0) is 4.79 Å². The van der Waals surface area contributed by atoms with Gasteiger partial charge in [0.1, 0.15) is 5.54 Å². The highest BCUT2D eigenvalue weighted by Crippen LogP contribution is 2.38. The quantitative estimate of drug-likeness (QED) is 0.762. The van der Waals surface area contributed by atoms with Crippen molar-refractivity contribution in [3.8, 4) is 6.07 Å². The molecule has 0 saturated heterocycles. The maximum absolute atomic E-state index is 12.4. The van der Waals surface area contributed by atoms with Crippen LogP contribution >= 0.6 is 0 Å². The van der Waals surface area contributed by atoms with Gasteiger partial charge in [-0.1, -0.05) is 45.4 Å². The van der Waals surface area contributed by atoms with Gasteiger partial charge in [-0.25, -0.2) is 0 Å². The first-order valence-corrected chi connectivity index (χ1v) is 7.34. The summed E-state index contributed by atoms with van der Waals surface area (Å²) in [5, 5.41) is 12.6. The van der Waals surface area contributed by atoms with Gasteiger partial charge in [-0.3, -0.25) is 4.79 Å². The van der Waals surface area contributed by atoms with Crippen LogP contribution < -0.4 is 5.32 Å².